The zero-order valence-corrected chi connectivity index (χ0v) is 14.1. The lowest BCUT2D eigenvalue weighted by Gasteiger charge is -2.20. The van der Waals surface area contributed by atoms with Crippen molar-refractivity contribution in [3.8, 4) is 0 Å². The van der Waals surface area contributed by atoms with Gasteiger partial charge in [-0.3, -0.25) is 9.59 Å². The Hall–Kier alpha value is -1.55. The monoisotopic (exact) mass is 335 g/mol. The van der Waals surface area contributed by atoms with Crippen LogP contribution in [0.4, 0.5) is 5.69 Å². The lowest BCUT2D eigenvalue weighted by atomic mass is 9.86. The number of esters is 1. The molecule has 5 heteroatoms. The summed E-state index contributed by atoms with van der Waals surface area (Å²) >= 11 is 6.06. The lowest BCUT2D eigenvalue weighted by Crippen LogP contribution is -2.23. The standard InChI is InChI=1S/C18H22ClNO3/c1-11-2-5-16(15(19)6-11)20-17(21)10-23-18(22)9-14-8-12-3-4-13(14)7-12/h2,5-6,12-14H,3-4,7-10H2,1H3,(H,20,21)/t12-,13-,14-/m1/s1. The van der Waals surface area contributed by atoms with Crippen LogP contribution in [0.25, 0.3) is 0 Å². The van der Waals surface area contributed by atoms with Gasteiger partial charge in [-0.2, -0.15) is 0 Å². The summed E-state index contributed by atoms with van der Waals surface area (Å²) in [7, 11) is 0. The molecule has 3 atom stereocenters. The number of carbonyl (C=O) groups is 2. The molecule has 0 aliphatic heterocycles. The van der Waals surface area contributed by atoms with Gasteiger partial charge in [0.2, 0.25) is 0 Å². The predicted molar refractivity (Wildman–Crippen MR) is 89.3 cm³/mol. The molecule has 0 unspecified atom stereocenters. The summed E-state index contributed by atoms with van der Waals surface area (Å²) in [6.45, 7) is 1.67. The summed E-state index contributed by atoms with van der Waals surface area (Å²) in [6.07, 6.45) is 5.42. The van der Waals surface area contributed by atoms with E-state index in [0.717, 1.165) is 17.9 Å². The molecule has 1 aromatic rings. The van der Waals surface area contributed by atoms with Gasteiger partial charge in [-0.25, -0.2) is 0 Å². The van der Waals surface area contributed by atoms with Crippen LogP contribution >= 0.6 is 11.6 Å². The normalized spacial score (nSPS) is 25.4. The molecule has 4 nitrogen and oxygen atoms in total. The Morgan fingerprint density at radius 1 is 1.30 bits per heavy atom. The number of benzene rings is 1. The molecule has 1 amide bonds. The first-order chi connectivity index (χ1) is 11.0. The molecule has 3 rings (SSSR count). The van der Waals surface area contributed by atoms with E-state index in [1.807, 2.05) is 13.0 Å². The van der Waals surface area contributed by atoms with E-state index in [2.05, 4.69) is 5.32 Å². The maximum atomic E-state index is 11.9. The fourth-order valence-corrected chi connectivity index (χ4v) is 4.24. The van der Waals surface area contributed by atoms with Crippen molar-refractivity contribution in [2.45, 2.75) is 39.0 Å². The molecule has 2 aliphatic carbocycles. The number of fused-ring (bicyclic) bond motifs is 2. The van der Waals surface area contributed by atoms with E-state index in [1.165, 1.54) is 19.3 Å². The summed E-state index contributed by atoms with van der Waals surface area (Å²) in [5.41, 5.74) is 1.55. The second kappa shape index (κ2) is 6.91. The zero-order chi connectivity index (χ0) is 16.4. The van der Waals surface area contributed by atoms with Crippen LogP contribution in [0.15, 0.2) is 18.2 Å². The maximum absolute atomic E-state index is 11.9. The van der Waals surface area contributed by atoms with Crippen molar-refractivity contribution in [1.29, 1.82) is 0 Å². The highest BCUT2D eigenvalue weighted by molar-refractivity contribution is 6.33. The average Bonchev–Trinajstić information content (AvgIpc) is 3.11. The number of halogens is 1. The third-order valence-corrected chi connectivity index (χ3v) is 5.39. The largest absolute Gasteiger partial charge is 0.456 e. The molecule has 2 bridgehead atoms. The van der Waals surface area contributed by atoms with E-state index < -0.39 is 0 Å². The summed E-state index contributed by atoms with van der Waals surface area (Å²) in [4.78, 5) is 23.8. The van der Waals surface area contributed by atoms with Crippen molar-refractivity contribution >= 4 is 29.2 Å². The van der Waals surface area contributed by atoms with Crippen molar-refractivity contribution in [3.63, 3.8) is 0 Å². The molecule has 124 valence electrons. The molecule has 2 fully saturated rings. The Labute approximate surface area is 141 Å². The molecule has 0 radical (unpaired) electrons. The van der Waals surface area contributed by atoms with Gasteiger partial charge in [0.25, 0.3) is 5.91 Å². The summed E-state index contributed by atoms with van der Waals surface area (Å²) in [5.74, 6) is 1.32. The second-order valence-corrected chi connectivity index (χ2v) is 7.24. The third kappa shape index (κ3) is 4.05. The molecule has 1 N–H and O–H groups in total. The van der Waals surface area contributed by atoms with Gasteiger partial charge in [-0.1, -0.05) is 24.1 Å². The van der Waals surface area contributed by atoms with Gasteiger partial charge < -0.3 is 10.1 Å². The molecular formula is C18H22ClNO3. The van der Waals surface area contributed by atoms with Gasteiger partial charge in [0.15, 0.2) is 6.61 Å². The summed E-state index contributed by atoms with van der Waals surface area (Å²) in [5, 5.41) is 3.14. The average molecular weight is 336 g/mol. The van der Waals surface area contributed by atoms with Crippen LogP contribution in [0.1, 0.15) is 37.7 Å². The third-order valence-electron chi connectivity index (χ3n) is 5.08. The number of amides is 1. The number of aryl methyl sites for hydroxylation is 1. The van der Waals surface area contributed by atoms with Gasteiger partial charge in [0, 0.05) is 6.42 Å². The topological polar surface area (TPSA) is 55.4 Å². The smallest absolute Gasteiger partial charge is 0.306 e. The minimum Gasteiger partial charge on any atom is -0.456 e. The first kappa shape index (κ1) is 16.3. The van der Waals surface area contributed by atoms with Gasteiger partial charge in [0.1, 0.15) is 0 Å². The minimum atomic E-state index is -0.364. The van der Waals surface area contributed by atoms with E-state index in [1.54, 1.807) is 12.1 Å². The molecule has 2 aliphatic rings. The van der Waals surface area contributed by atoms with Gasteiger partial charge in [-0.05, 0) is 61.6 Å². The fraction of sp³-hybridized carbons (Fsp3) is 0.556. The molecule has 1 aromatic carbocycles. The molecule has 2 saturated carbocycles. The van der Waals surface area contributed by atoms with Crippen LogP contribution in [0, 0.1) is 24.7 Å². The highest BCUT2D eigenvalue weighted by Gasteiger charge is 2.40. The number of carbonyl (C=O) groups excluding carboxylic acids is 2. The summed E-state index contributed by atoms with van der Waals surface area (Å²) < 4.78 is 5.12. The lowest BCUT2D eigenvalue weighted by molar-refractivity contribution is -0.148. The quantitative estimate of drug-likeness (QED) is 0.829. The van der Waals surface area contributed by atoms with Crippen LogP contribution in [-0.4, -0.2) is 18.5 Å². The first-order valence-corrected chi connectivity index (χ1v) is 8.60. The van der Waals surface area contributed by atoms with Gasteiger partial charge in [0.05, 0.1) is 10.7 Å². The van der Waals surface area contributed by atoms with Crippen molar-refractivity contribution in [2.75, 3.05) is 11.9 Å². The second-order valence-electron chi connectivity index (χ2n) is 6.83. The SMILES string of the molecule is Cc1ccc(NC(=O)COC(=O)C[C@H]2C[C@@H]3CC[C@@H]2C3)c(Cl)c1. The Kier molecular flexibility index (Phi) is 4.90. The predicted octanol–water partition coefficient (Wildman–Crippen LogP) is 3.96. The van der Waals surface area contributed by atoms with E-state index >= 15 is 0 Å². The zero-order valence-electron chi connectivity index (χ0n) is 13.3. The molecule has 23 heavy (non-hydrogen) atoms. The van der Waals surface area contributed by atoms with Gasteiger partial charge in [-0.15, -0.1) is 0 Å². The Morgan fingerprint density at radius 3 is 2.78 bits per heavy atom. The molecule has 0 aromatic heterocycles. The number of anilines is 1. The Balaban J connectivity index is 1.42. The van der Waals surface area contributed by atoms with Crippen LogP contribution in [0.2, 0.25) is 5.02 Å². The fourth-order valence-electron chi connectivity index (χ4n) is 3.95. The first-order valence-electron chi connectivity index (χ1n) is 8.23. The van der Waals surface area contributed by atoms with E-state index in [4.69, 9.17) is 16.3 Å². The number of nitrogens with one attached hydrogen (secondary N) is 1. The van der Waals surface area contributed by atoms with Crippen LogP contribution in [0.5, 0.6) is 0 Å². The van der Waals surface area contributed by atoms with Gasteiger partial charge >= 0.3 is 5.97 Å². The van der Waals surface area contributed by atoms with Crippen molar-refractivity contribution in [3.05, 3.63) is 28.8 Å². The van der Waals surface area contributed by atoms with E-state index in [-0.39, 0.29) is 18.5 Å². The summed E-state index contributed by atoms with van der Waals surface area (Å²) in [6, 6.07) is 5.38. The number of rotatable bonds is 5. The molecule has 0 heterocycles. The van der Waals surface area contributed by atoms with Crippen molar-refractivity contribution < 1.29 is 14.3 Å². The van der Waals surface area contributed by atoms with E-state index in [0.29, 0.717) is 29.0 Å². The maximum Gasteiger partial charge on any atom is 0.306 e. The van der Waals surface area contributed by atoms with Crippen molar-refractivity contribution in [1.82, 2.24) is 0 Å². The number of hydrogen-bond donors (Lipinski definition) is 1. The molecule has 0 saturated heterocycles. The number of hydrogen-bond acceptors (Lipinski definition) is 3. The highest BCUT2D eigenvalue weighted by atomic mass is 35.5. The van der Waals surface area contributed by atoms with Crippen molar-refractivity contribution in [2.24, 2.45) is 17.8 Å². The van der Waals surface area contributed by atoms with Crippen LogP contribution in [0.3, 0.4) is 0 Å². The van der Waals surface area contributed by atoms with Crippen LogP contribution in [-0.2, 0) is 14.3 Å². The Morgan fingerprint density at radius 2 is 2.13 bits per heavy atom. The molecule has 0 spiro atoms. The minimum absolute atomic E-state index is 0.260. The molecular weight excluding hydrogens is 314 g/mol. The highest BCUT2D eigenvalue weighted by Crippen LogP contribution is 2.49. The van der Waals surface area contributed by atoms with Crippen LogP contribution < -0.4 is 5.32 Å². The van der Waals surface area contributed by atoms with E-state index in [9.17, 15) is 9.59 Å². The Bertz CT molecular complexity index is 616. The number of ether oxygens (including phenoxy) is 1.